The number of benzene rings is 1. The van der Waals surface area contributed by atoms with Crippen LogP contribution < -0.4 is 17.0 Å². The van der Waals surface area contributed by atoms with Crippen LogP contribution in [-0.2, 0) is 5.88 Å². The van der Waals surface area contributed by atoms with E-state index in [9.17, 15) is 0 Å². The molecular formula is C14H18ClNS. The van der Waals surface area contributed by atoms with Gasteiger partial charge in [-0.3, -0.25) is 0 Å². The van der Waals surface area contributed by atoms with E-state index in [0.29, 0.717) is 0 Å². The van der Waals surface area contributed by atoms with E-state index in [1.54, 1.807) is 0 Å². The minimum Gasteiger partial charge on any atom is -1.00 e. The van der Waals surface area contributed by atoms with Crippen LogP contribution in [0.2, 0.25) is 0 Å². The first-order valence-electron chi connectivity index (χ1n) is 5.87. The van der Waals surface area contributed by atoms with Crippen LogP contribution in [0.1, 0.15) is 19.8 Å². The van der Waals surface area contributed by atoms with Crippen molar-refractivity contribution in [3.8, 4) is 0 Å². The Hall–Kier alpha value is -0.730. The van der Waals surface area contributed by atoms with Crippen molar-refractivity contribution in [1.82, 2.24) is 0 Å². The molecule has 1 heterocycles. The molecule has 2 aromatic rings. The van der Waals surface area contributed by atoms with Gasteiger partial charge in [0.1, 0.15) is 0 Å². The summed E-state index contributed by atoms with van der Waals surface area (Å²) in [6.07, 6.45) is 4.77. The molecule has 0 amide bonds. The largest absolute Gasteiger partial charge is 1.00 e. The Morgan fingerprint density at radius 1 is 1.12 bits per heavy atom. The predicted molar refractivity (Wildman–Crippen MR) is 71.5 cm³/mol. The maximum absolute atomic E-state index is 2.33. The summed E-state index contributed by atoms with van der Waals surface area (Å²) in [7, 11) is 0. The second kappa shape index (κ2) is 7.57. The minimum atomic E-state index is 0. The fraction of sp³-hybridized carbons (Fsp3) is 0.357. The lowest BCUT2D eigenvalue weighted by atomic mass is 10.2. The number of fused-ring (bicyclic) bond motifs is 1. The third-order valence-electron chi connectivity index (χ3n) is 2.66. The second-order valence-corrected chi connectivity index (χ2v) is 5.00. The van der Waals surface area contributed by atoms with E-state index >= 15 is 0 Å². The van der Waals surface area contributed by atoms with E-state index in [0.717, 1.165) is 5.88 Å². The van der Waals surface area contributed by atoms with E-state index in [2.05, 4.69) is 54.1 Å². The number of para-hydroxylation sites is 1. The lowest BCUT2D eigenvalue weighted by molar-refractivity contribution is -0.649. The van der Waals surface area contributed by atoms with Crippen LogP contribution >= 0.6 is 11.8 Å². The molecule has 17 heavy (non-hydrogen) atoms. The SMILES string of the molecule is CCCCSC[n+]1cccc2ccccc21.[Cl-]. The molecule has 0 N–H and O–H groups in total. The number of rotatable bonds is 5. The highest BCUT2D eigenvalue weighted by atomic mass is 35.5. The Morgan fingerprint density at radius 3 is 2.71 bits per heavy atom. The standard InChI is InChI=1S/C14H18NS.ClH/c1-2-3-11-16-12-15-10-6-8-13-7-4-5-9-14(13)15;/h4-10H,2-3,11-12H2,1H3;1H/q+1;/p-1. The van der Waals surface area contributed by atoms with Crippen molar-refractivity contribution in [1.29, 1.82) is 0 Å². The van der Waals surface area contributed by atoms with Gasteiger partial charge in [-0.1, -0.05) is 37.2 Å². The lowest BCUT2D eigenvalue weighted by Gasteiger charge is -2.00. The molecule has 92 valence electrons. The topological polar surface area (TPSA) is 3.88 Å². The molecule has 0 aliphatic heterocycles. The third kappa shape index (κ3) is 3.90. The molecule has 0 atom stereocenters. The van der Waals surface area contributed by atoms with Crippen molar-refractivity contribution < 1.29 is 17.0 Å². The second-order valence-electron chi connectivity index (χ2n) is 3.93. The van der Waals surface area contributed by atoms with Gasteiger partial charge in [0.05, 0.1) is 0 Å². The zero-order valence-electron chi connectivity index (χ0n) is 10.1. The normalized spacial score (nSPS) is 10.2. The minimum absolute atomic E-state index is 0. The fourth-order valence-corrected chi connectivity index (χ4v) is 2.79. The van der Waals surface area contributed by atoms with E-state index < -0.39 is 0 Å². The highest BCUT2D eigenvalue weighted by Crippen LogP contribution is 2.10. The zero-order valence-corrected chi connectivity index (χ0v) is 11.7. The van der Waals surface area contributed by atoms with Crippen LogP contribution in [0.3, 0.4) is 0 Å². The van der Waals surface area contributed by atoms with Crippen molar-refractivity contribution in [2.75, 3.05) is 5.75 Å². The first-order valence-corrected chi connectivity index (χ1v) is 7.02. The van der Waals surface area contributed by atoms with Crippen molar-refractivity contribution in [2.24, 2.45) is 0 Å². The summed E-state index contributed by atoms with van der Waals surface area (Å²) in [5.74, 6) is 2.31. The van der Waals surface area contributed by atoms with Gasteiger partial charge in [-0.25, -0.2) is 0 Å². The van der Waals surface area contributed by atoms with Gasteiger partial charge in [0, 0.05) is 17.5 Å². The highest BCUT2D eigenvalue weighted by Gasteiger charge is 2.06. The fourth-order valence-electron chi connectivity index (χ4n) is 1.74. The Morgan fingerprint density at radius 2 is 1.88 bits per heavy atom. The van der Waals surface area contributed by atoms with Gasteiger partial charge in [0.25, 0.3) is 0 Å². The summed E-state index contributed by atoms with van der Waals surface area (Å²) in [6.45, 7) is 2.24. The first-order chi connectivity index (χ1) is 7.92. The first kappa shape index (κ1) is 14.3. The van der Waals surface area contributed by atoms with E-state index in [1.807, 2.05) is 11.8 Å². The molecule has 1 aromatic carbocycles. The van der Waals surface area contributed by atoms with Gasteiger partial charge in [-0.15, -0.1) is 0 Å². The number of nitrogens with zero attached hydrogens (tertiary/aromatic N) is 1. The maximum Gasteiger partial charge on any atom is 0.213 e. The Kier molecular flexibility index (Phi) is 6.38. The van der Waals surface area contributed by atoms with E-state index in [-0.39, 0.29) is 12.4 Å². The molecule has 0 aliphatic carbocycles. The lowest BCUT2D eigenvalue weighted by Crippen LogP contribution is -3.00. The van der Waals surface area contributed by atoms with Gasteiger partial charge < -0.3 is 12.4 Å². The smallest absolute Gasteiger partial charge is 0.213 e. The predicted octanol–water partition coefficient (Wildman–Crippen LogP) is 0.622. The molecule has 3 heteroatoms. The van der Waals surface area contributed by atoms with Gasteiger partial charge in [0.2, 0.25) is 5.52 Å². The molecule has 1 nitrogen and oxygen atoms in total. The molecule has 0 unspecified atom stereocenters. The molecular weight excluding hydrogens is 250 g/mol. The van der Waals surface area contributed by atoms with Crippen LogP contribution in [-0.4, -0.2) is 5.75 Å². The molecule has 2 rings (SSSR count). The van der Waals surface area contributed by atoms with E-state index in [1.165, 1.54) is 29.5 Å². The van der Waals surface area contributed by atoms with Crippen LogP contribution in [0.15, 0.2) is 42.6 Å². The van der Waals surface area contributed by atoms with Crippen molar-refractivity contribution >= 4 is 22.7 Å². The maximum atomic E-state index is 2.33. The quantitative estimate of drug-likeness (QED) is 0.568. The van der Waals surface area contributed by atoms with E-state index in [4.69, 9.17) is 0 Å². The number of hydrogen-bond donors (Lipinski definition) is 0. The van der Waals surface area contributed by atoms with Crippen LogP contribution in [0.25, 0.3) is 10.9 Å². The number of hydrogen-bond acceptors (Lipinski definition) is 1. The summed E-state index contributed by atoms with van der Waals surface area (Å²) < 4.78 is 2.33. The van der Waals surface area contributed by atoms with Crippen LogP contribution in [0, 0.1) is 0 Å². The number of thioether (sulfide) groups is 1. The summed E-state index contributed by atoms with van der Waals surface area (Å²) in [5.41, 5.74) is 1.33. The summed E-state index contributed by atoms with van der Waals surface area (Å²) in [4.78, 5) is 0. The molecule has 0 aliphatic rings. The van der Waals surface area contributed by atoms with Crippen LogP contribution in [0.5, 0.6) is 0 Å². The summed E-state index contributed by atoms with van der Waals surface area (Å²) in [6, 6.07) is 12.9. The number of unbranched alkanes of at least 4 members (excludes halogenated alkanes) is 1. The number of pyridine rings is 1. The average Bonchev–Trinajstić information content (AvgIpc) is 2.35. The van der Waals surface area contributed by atoms with Crippen molar-refractivity contribution in [3.05, 3.63) is 42.6 Å². The Balaban J connectivity index is 0.00000144. The van der Waals surface area contributed by atoms with Crippen molar-refractivity contribution in [2.45, 2.75) is 25.6 Å². The van der Waals surface area contributed by atoms with Crippen LogP contribution in [0.4, 0.5) is 0 Å². The molecule has 0 saturated carbocycles. The van der Waals surface area contributed by atoms with Crippen molar-refractivity contribution in [3.63, 3.8) is 0 Å². The molecule has 0 spiro atoms. The molecule has 0 fully saturated rings. The number of halogens is 1. The van der Waals surface area contributed by atoms with Gasteiger partial charge in [0.15, 0.2) is 12.1 Å². The molecule has 0 bridgehead atoms. The average molecular weight is 268 g/mol. The number of aromatic nitrogens is 1. The Bertz CT molecular complexity index is 453. The summed E-state index contributed by atoms with van der Waals surface area (Å²) >= 11 is 2.01. The van der Waals surface area contributed by atoms with Gasteiger partial charge in [-0.2, -0.15) is 4.57 Å². The summed E-state index contributed by atoms with van der Waals surface area (Å²) in [5, 5.41) is 1.32. The molecule has 0 saturated heterocycles. The Labute approximate surface area is 114 Å². The van der Waals surface area contributed by atoms with Gasteiger partial charge >= 0.3 is 0 Å². The zero-order chi connectivity index (χ0) is 11.2. The van der Waals surface area contributed by atoms with Gasteiger partial charge in [-0.05, 0) is 24.3 Å². The molecule has 0 radical (unpaired) electrons. The molecule has 1 aromatic heterocycles. The monoisotopic (exact) mass is 267 g/mol. The third-order valence-corrected chi connectivity index (χ3v) is 3.70. The highest BCUT2D eigenvalue weighted by molar-refractivity contribution is 7.98.